The Labute approximate surface area is 106 Å². The molecule has 98 valence electrons. The van der Waals surface area contributed by atoms with Gasteiger partial charge in [0.05, 0.1) is 11.0 Å². The van der Waals surface area contributed by atoms with E-state index in [1.165, 1.54) is 19.9 Å². The molecule has 0 radical (unpaired) electrons. The van der Waals surface area contributed by atoms with E-state index < -0.39 is 17.7 Å². The van der Waals surface area contributed by atoms with E-state index in [0.29, 0.717) is 5.56 Å². The molecule has 0 amide bonds. The molecule has 0 bridgehead atoms. The highest BCUT2D eigenvalue weighted by molar-refractivity contribution is 5.40. The molecule has 0 aliphatic heterocycles. The van der Waals surface area contributed by atoms with Crippen molar-refractivity contribution in [2.75, 3.05) is 0 Å². The second-order valence-electron chi connectivity index (χ2n) is 5.14. The average molecular weight is 254 g/mol. The van der Waals surface area contributed by atoms with E-state index in [9.17, 15) is 13.2 Å². The molecule has 18 heavy (non-hydrogen) atoms. The van der Waals surface area contributed by atoms with Gasteiger partial charge in [0.1, 0.15) is 5.82 Å². The Bertz CT molecular complexity index is 476. The second-order valence-corrected chi connectivity index (χ2v) is 5.14. The molecule has 0 unspecified atom stereocenters. The molecule has 1 rings (SSSR count). The number of alkyl halides is 2. The predicted molar refractivity (Wildman–Crippen MR) is 67.2 cm³/mol. The van der Waals surface area contributed by atoms with Crippen LogP contribution in [0.25, 0.3) is 0 Å². The van der Waals surface area contributed by atoms with Crippen molar-refractivity contribution in [2.45, 2.75) is 40.0 Å². The van der Waals surface area contributed by atoms with Gasteiger partial charge >= 0.3 is 0 Å². The van der Waals surface area contributed by atoms with E-state index in [2.05, 4.69) is 11.8 Å². The minimum absolute atomic E-state index is 0.0369. The highest BCUT2D eigenvalue weighted by atomic mass is 19.3. The van der Waals surface area contributed by atoms with Gasteiger partial charge in [-0.25, -0.2) is 13.2 Å². The van der Waals surface area contributed by atoms with Crippen molar-refractivity contribution >= 4 is 0 Å². The van der Waals surface area contributed by atoms with Gasteiger partial charge in [-0.1, -0.05) is 37.8 Å². The Morgan fingerprint density at radius 3 is 2.28 bits per heavy atom. The zero-order valence-corrected chi connectivity index (χ0v) is 11.0. The molecule has 1 aromatic carbocycles. The molecule has 0 atom stereocenters. The summed E-state index contributed by atoms with van der Waals surface area (Å²) in [5.74, 6) is 4.59. The molecule has 0 fully saturated rings. The summed E-state index contributed by atoms with van der Waals surface area (Å²) in [5.41, 5.74) is -0.702. The number of halogens is 3. The van der Waals surface area contributed by atoms with Crippen molar-refractivity contribution in [3.05, 3.63) is 35.1 Å². The van der Waals surface area contributed by atoms with Gasteiger partial charge in [0.2, 0.25) is 0 Å². The summed E-state index contributed by atoms with van der Waals surface area (Å²) in [4.78, 5) is 0. The van der Waals surface area contributed by atoms with Crippen molar-refractivity contribution in [2.24, 2.45) is 5.41 Å². The zero-order valence-electron chi connectivity index (χ0n) is 11.0. The second kappa shape index (κ2) is 5.48. The predicted octanol–water partition coefficient (Wildman–Crippen LogP) is 4.59. The van der Waals surface area contributed by atoms with Crippen LogP contribution in [0.5, 0.6) is 0 Å². The molecular formula is C15H17F3. The number of hydrogen-bond donors (Lipinski definition) is 0. The van der Waals surface area contributed by atoms with Crippen molar-refractivity contribution in [1.29, 1.82) is 0 Å². The van der Waals surface area contributed by atoms with Crippen molar-refractivity contribution in [1.82, 2.24) is 0 Å². The van der Waals surface area contributed by atoms with Crippen LogP contribution in [0.4, 0.5) is 13.2 Å². The molecule has 0 nitrogen and oxygen atoms in total. The summed E-state index contributed by atoms with van der Waals surface area (Å²) < 4.78 is 39.3. The Balaban J connectivity index is 3.14. The lowest BCUT2D eigenvalue weighted by Gasteiger charge is -2.15. The van der Waals surface area contributed by atoms with Crippen LogP contribution in [-0.2, 0) is 0 Å². The van der Waals surface area contributed by atoms with Crippen LogP contribution in [0.3, 0.4) is 0 Å². The highest BCUT2D eigenvalue weighted by Crippen LogP contribution is 2.24. The topological polar surface area (TPSA) is 0 Å². The molecule has 0 aliphatic rings. The lowest BCUT2D eigenvalue weighted by molar-refractivity contribution is 0.0570. The lowest BCUT2D eigenvalue weighted by atomic mass is 9.94. The molecule has 0 aromatic heterocycles. The Kier molecular flexibility index (Phi) is 4.45. The largest absolute Gasteiger partial charge is 0.254 e. The minimum Gasteiger partial charge on any atom is -0.209 e. The van der Waals surface area contributed by atoms with Crippen LogP contribution in [0.1, 0.15) is 44.7 Å². The molecular weight excluding hydrogens is 237 g/mol. The molecule has 3 heteroatoms. The maximum Gasteiger partial charge on any atom is 0.254 e. The van der Waals surface area contributed by atoms with Crippen LogP contribution in [-0.4, -0.2) is 6.43 Å². The van der Waals surface area contributed by atoms with Crippen LogP contribution in [0, 0.1) is 23.1 Å². The fourth-order valence-corrected chi connectivity index (χ4v) is 1.38. The number of hydrogen-bond acceptors (Lipinski definition) is 0. The van der Waals surface area contributed by atoms with Crippen molar-refractivity contribution in [3.63, 3.8) is 0 Å². The van der Waals surface area contributed by atoms with Gasteiger partial charge in [-0.15, -0.1) is 0 Å². The Morgan fingerprint density at radius 1 is 1.17 bits per heavy atom. The summed E-state index contributed by atoms with van der Waals surface area (Å²) >= 11 is 0. The lowest BCUT2D eigenvalue weighted by Crippen LogP contribution is -2.19. The van der Waals surface area contributed by atoms with Gasteiger partial charge in [-0.2, -0.15) is 0 Å². The number of benzene rings is 1. The Hall–Kier alpha value is -1.43. The first-order chi connectivity index (χ1) is 8.25. The van der Waals surface area contributed by atoms with Gasteiger partial charge in [0.15, 0.2) is 0 Å². The molecule has 0 aliphatic carbocycles. The first-order valence-electron chi connectivity index (χ1n) is 5.85. The van der Waals surface area contributed by atoms with Gasteiger partial charge in [0, 0.05) is 0 Å². The molecule has 0 saturated carbocycles. The van der Waals surface area contributed by atoms with E-state index >= 15 is 0 Å². The summed E-state index contributed by atoms with van der Waals surface area (Å²) in [6, 6.07) is 4.89. The van der Waals surface area contributed by atoms with E-state index in [0.717, 1.165) is 0 Å². The smallest absolute Gasteiger partial charge is 0.209 e. The van der Waals surface area contributed by atoms with Gasteiger partial charge in [-0.3, -0.25) is 0 Å². The summed E-state index contributed by atoms with van der Waals surface area (Å²) in [7, 11) is 0. The summed E-state index contributed by atoms with van der Waals surface area (Å²) in [6.45, 7) is 6.43. The summed E-state index contributed by atoms with van der Waals surface area (Å²) in [6.07, 6.45) is -2.55. The first kappa shape index (κ1) is 14.6. The monoisotopic (exact) mass is 254 g/mol. The molecule has 0 heterocycles. The fraction of sp³-hybridized carbons (Fsp3) is 0.467. The normalized spacial score (nSPS) is 11.6. The summed E-state index contributed by atoms with van der Waals surface area (Å²) in [5, 5.41) is 0. The van der Waals surface area contributed by atoms with Gasteiger partial charge in [0.25, 0.3) is 6.43 Å². The molecule has 0 saturated heterocycles. The van der Waals surface area contributed by atoms with E-state index in [1.54, 1.807) is 12.1 Å². The van der Waals surface area contributed by atoms with Crippen molar-refractivity contribution < 1.29 is 13.2 Å². The third kappa shape index (κ3) is 3.29. The molecule has 0 spiro atoms. The number of rotatable bonds is 2. The van der Waals surface area contributed by atoms with Crippen LogP contribution < -0.4 is 0 Å². The quantitative estimate of drug-likeness (QED) is 0.677. The van der Waals surface area contributed by atoms with Crippen LogP contribution >= 0.6 is 0 Å². The van der Waals surface area contributed by atoms with E-state index in [1.807, 2.05) is 13.8 Å². The maximum atomic E-state index is 14.0. The van der Waals surface area contributed by atoms with Crippen LogP contribution in [0.15, 0.2) is 18.2 Å². The third-order valence-electron chi connectivity index (χ3n) is 2.72. The zero-order chi connectivity index (χ0) is 13.9. The van der Waals surface area contributed by atoms with Gasteiger partial charge < -0.3 is 0 Å². The van der Waals surface area contributed by atoms with Gasteiger partial charge in [-0.05, 0) is 31.4 Å². The third-order valence-corrected chi connectivity index (χ3v) is 2.72. The van der Waals surface area contributed by atoms with Crippen molar-refractivity contribution in [3.8, 4) is 11.8 Å². The first-order valence-corrected chi connectivity index (χ1v) is 5.85. The van der Waals surface area contributed by atoms with E-state index in [4.69, 9.17) is 0 Å². The Morgan fingerprint density at radius 2 is 1.78 bits per heavy atom. The molecule has 1 aromatic rings. The molecule has 0 N–H and O–H groups in total. The van der Waals surface area contributed by atoms with E-state index in [-0.39, 0.29) is 11.5 Å². The van der Waals surface area contributed by atoms with Crippen LogP contribution in [0.2, 0.25) is 0 Å². The standard InChI is InChI=1S/C15H17F3/c1-10(2)12-7-5-6-11(13(12)16)8-9-15(3,4)14(17)18/h5-7,10,14H,1-4H3. The maximum absolute atomic E-state index is 14.0. The average Bonchev–Trinajstić information content (AvgIpc) is 2.27. The highest BCUT2D eigenvalue weighted by Gasteiger charge is 2.27. The SMILES string of the molecule is CC(C)c1cccc(C#CC(C)(C)C(F)F)c1F. The fourth-order valence-electron chi connectivity index (χ4n) is 1.38. The minimum atomic E-state index is -2.55.